The Hall–Kier alpha value is -1.34. The van der Waals surface area contributed by atoms with Gasteiger partial charge in [0, 0.05) is 26.7 Å². The lowest BCUT2D eigenvalue weighted by Gasteiger charge is -2.38. The molecule has 2 amide bonds. The molecule has 21 heavy (non-hydrogen) atoms. The van der Waals surface area contributed by atoms with Crippen molar-refractivity contribution in [2.75, 3.05) is 33.4 Å². The third-order valence-electron chi connectivity index (χ3n) is 4.51. The van der Waals surface area contributed by atoms with Gasteiger partial charge in [0.15, 0.2) is 0 Å². The molecule has 3 atom stereocenters. The lowest BCUT2D eigenvalue weighted by molar-refractivity contribution is -0.145. The first-order chi connectivity index (χ1) is 9.99. The van der Waals surface area contributed by atoms with E-state index < -0.39 is 17.6 Å². The summed E-state index contributed by atoms with van der Waals surface area (Å²) < 4.78 is 10.8. The monoisotopic (exact) mass is 300 g/mol. The number of methoxy groups -OCH3 is 1. The van der Waals surface area contributed by atoms with E-state index in [1.54, 1.807) is 7.11 Å². The van der Waals surface area contributed by atoms with E-state index in [1.165, 1.54) is 4.90 Å². The van der Waals surface area contributed by atoms with Crippen LogP contribution in [0.25, 0.3) is 0 Å². The van der Waals surface area contributed by atoms with Crippen molar-refractivity contribution in [2.45, 2.75) is 37.8 Å². The third-order valence-corrected chi connectivity index (χ3v) is 4.51. The van der Waals surface area contributed by atoms with Crippen molar-refractivity contribution in [3.05, 3.63) is 0 Å². The number of rotatable bonds is 4. The first-order valence-electron chi connectivity index (χ1n) is 7.39. The van der Waals surface area contributed by atoms with E-state index in [4.69, 9.17) is 9.47 Å². The van der Waals surface area contributed by atoms with Crippen molar-refractivity contribution >= 4 is 12.0 Å². The second kappa shape index (κ2) is 6.62. The van der Waals surface area contributed by atoms with Gasteiger partial charge in [-0.25, -0.2) is 9.59 Å². The molecule has 3 unspecified atom stereocenters. The standard InChI is InChI=1S/C14H24N2O5/c1-10-4-3-6-16(11(10)12(17)18)13(19)15-8-14(20-2)5-7-21-9-14/h10-11H,3-9H2,1-2H3,(H,15,19)(H,17,18). The highest BCUT2D eigenvalue weighted by atomic mass is 16.5. The number of carbonyl (C=O) groups is 2. The van der Waals surface area contributed by atoms with E-state index in [0.717, 1.165) is 19.3 Å². The molecule has 0 aliphatic carbocycles. The Labute approximate surface area is 124 Å². The summed E-state index contributed by atoms with van der Waals surface area (Å²) >= 11 is 0. The summed E-state index contributed by atoms with van der Waals surface area (Å²) in [4.78, 5) is 25.1. The van der Waals surface area contributed by atoms with Crippen molar-refractivity contribution in [1.29, 1.82) is 0 Å². The summed E-state index contributed by atoms with van der Waals surface area (Å²) in [6.07, 6.45) is 2.38. The average Bonchev–Trinajstić information content (AvgIpc) is 2.93. The number of amides is 2. The number of hydrogen-bond acceptors (Lipinski definition) is 4. The van der Waals surface area contributed by atoms with Crippen molar-refractivity contribution in [3.63, 3.8) is 0 Å². The van der Waals surface area contributed by atoms with Gasteiger partial charge in [-0.1, -0.05) is 6.92 Å². The molecule has 2 rings (SSSR count). The zero-order chi connectivity index (χ0) is 15.5. The maximum atomic E-state index is 12.3. The number of urea groups is 1. The molecule has 2 aliphatic heterocycles. The molecule has 2 saturated heterocycles. The molecule has 120 valence electrons. The molecule has 2 N–H and O–H groups in total. The van der Waals surface area contributed by atoms with E-state index in [0.29, 0.717) is 26.3 Å². The van der Waals surface area contributed by atoms with Crippen LogP contribution < -0.4 is 5.32 Å². The summed E-state index contributed by atoms with van der Waals surface area (Å²) in [6, 6.07) is -1.09. The van der Waals surface area contributed by atoms with E-state index in [1.807, 2.05) is 6.92 Å². The van der Waals surface area contributed by atoms with Gasteiger partial charge < -0.3 is 24.8 Å². The number of nitrogens with one attached hydrogen (secondary N) is 1. The van der Waals surface area contributed by atoms with Gasteiger partial charge in [0.25, 0.3) is 0 Å². The Morgan fingerprint density at radius 1 is 1.52 bits per heavy atom. The lowest BCUT2D eigenvalue weighted by atomic mass is 9.91. The smallest absolute Gasteiger partial charge is 0.326 e. The summed E-state index contributed by atoms with van der Waals surface area (Å²) in [5, 5.41) is 12.1. The van der Waals surface area contributed by atoms with Crippen molar-refractivity contribution in [3.8, 4) is 0 Å². The van der Waals surface area contributed by atoms with Gasteiger partial charge in [-0.3, -0.25) is 0 Å². The van der Waals surface area contributed by atoms with Crippen LogP contribution in [0.15, 0.2) is 0 Å². The quantitative estimate of drug-likeness (QED) is 0.797. The highest BCUT2D eigenvalue weighted by molar-refractivity contribution is 5.83. The number of hydrogen-bond donors (Lipinski definition) is 2. The van der Waals surface area contributed by atoms with Crippen LogP contribution in [0, 0.1) is 5.92 Å². The lowest BCUT2D eigenvalue weighted by Crippen LogP contribution is -2.57. The van der Waals surface area contributed by atoms with Crippen LogP contribution in [-0.2, 0) is 14.3 Å². The highest BCUT2D eigenvalue weighted by Crippen LogP contribution is 2.25. The molecule has 0 aromatic heterocycles. The molecule has 0 radical (unpaired) electrons. The van der Waals surface area contributed by atoms with Gasteiger partial charge in [-0.15, -0.1) is 0 Å². The van der Waals surface area contributed by atoms with E-state index >= 15 is 0 Å². The van der Waals surface area contributed by atoms with Crippen molar-refractivity contribution in [2.24, 2.45) is 5.92 Å². The molecule has 7 heteroatoms. The van der Waals surface area contributed by atoms with E-state index in [9.17, 15) is 14.7 Å². The number of ether oxygens (including phenoxy) is 2. The van der Waals surface area contributed by atoms with Crippen molar-refractivity contribution < 1.29 is 24.2 Å². The van der Waals surface area contributed by atoms with Gasteiger partial charge in [0.1, 0.15) is 11.6 Å². The zero-order valence-corrected chi connectivity index (χ0v) is 12.6. The predicted octanol–water partition coefficient (Wildman–Crippen LogP) is 0.687. The molecule has 0 saturated carbocycles. The fourth-order valence-corrected chi connectivity index (χ4v) is 3.09. The molecule has 2 heterocycles. The Morgan fingerprint density at radius 2 is 2.29 bits per heavy atom. The summed E-state index contributed by atoms with van der Waals surface area (Å²) in [5.41, 5.74) is -0.490. The number of carbonyl (C=O) groups excluding carboxylic acids is 1. The minimum atomic E-state index is -0.942. The minimum absolute atomic E-state index is 0.0341. The Bertz CT molecular complexity index is 395. The van der Waals surface area contributed by atoms with Crippen LogP contribution in [0.2, 0.25) is 0 Å². The second-order valence-electron chi connectivity index (χ2n) is 5.94. The molecule has 2 aliphatic rings. The maximum Gasteiger partial charge on any atom is 0.326 e. The third kappa shape index (κ3) is 3.47. The molecular weight excluding hydrogens is 276 g/mol. The van der Waals surface area contributed by atoms with Gasteiger partial charge in [-0.05, 0) is 18.8 Å². The van der Waals surface area contributed by atoms with Gasteiger partial charge >= 0.3 is 12.0 Å². The summed E-state index contributed by atoms with van der Waals surface area (Å²) in [7, 11) is 1.60. The van der Waals surface area contributed by atoms with E-state index in [2.05, 4.69) is 5.32 Å². The topological polar surface area (TPSA) is 88.1 Å². The van der Waals surface area contributed by atoms with Gasteiger partial charge in [0.2, 0.25) is 0 Å². The van der Waals surface area contributed by atoms with E-state index in [-0.39, 0.29) is 11.9 Å². The fourth-order valence-electron chi connectivity index (χ4n) is 3.09. The largest absolute Gasteiger partial charge is 0.480 e. The zero-order valence-electron chi connectivity index (χ0n) is 12.6. The summed E-state index contributed by atoms with van der Waals surface area (Å²) in [6.45, 7) is 3.74. The summed E-state index contributed by atoms with van der Waals surface area (Å²) in [5.74, 6) is -0.976. The Morgan fingerprint density at radius 3 is 2.86 bits per heavy atom. The molecule has 7 nitrogen and oxygen atoms in total. The minimum Gasteiger partial charge on any atom is -0.480 e. The number of piperidine rings is 1. The number of carboxylic acids is 1. The Kier molecular flexibility index (Phi) is 5.05. The molecule has 0 bridgehead atoms. The molecule has 0 aromatic rings. The highest BCUT2D eigenvalue weighted by Gasteiger charge is 2.39. The number of carboxylic acid groups (broad SMARTS) is 1. The first kappa shape index (κ1) is 16.0. The Balaban J connectivity index is 1.96. The van der Waals surface area contributed by atoms with Gasteiger partial charge in [0.05, 0.1) is 13.2 Å². The fraction of sp³-hybridized carbons (Fsp3) is 0.857. The maximum absolute atomic E-state index is 12.3. The van der Waals surface area contributed by atoms with Crippen LogP contribution in [0.4, 0.5) is 4.79 Å². The molecule has 0 spiro atoms. The average molecular weight is 300 g/mol. The molecule has 2 fully saturated rings. The number of likely N-dealkylation sites (tertiary alicyclic amines) is 1. The molecule has 0 aromatic carbocycles. The normalized spacial score (nSPS) is 33.0. The second-order valence-corrected chi connectivity index (χ2v) is 5.94. The van der Waals surface area contributed by atoms with Gasteiger partial charge in [-0.2, -0.15) is 0 Å². The van der Waals surface area contributed by atoms with Crippen LogP contribution in [0.3, 0.4) is 0 Å². The van der Waals surface area contributed by atoms with Crippen LogP contribution in [0.1, 0.15) is 26.2 Å². The first-order valence-corrected chi connectivity index (χ1v) is 7.39. The predicted molar refractivity (Wildman–Crippen MR) is 75.1 cm³/mol. The van der Waals surface area contributed by atoms with Crippen LogP contribution >= 0.6 is 0 Å². The van der Waals surface area contributed by atoms with Crippen molar-refractivity contribution in [1.82, 2.24) is 10.2 Å². The van der Waals surface area contributed by atoms with Crippen LogP contribution in [0.5, 0.6) is 0 Å². The molecular formula is C14H24N2O5. The number of aliphatic carboxylic acids is 1. The number of nitrogens with zero attached hydrogens (tertiary/aromatic N) is 1. The van der Waals surface area contributed by atoms with Crippen LogP contribution in [-0.4, -0.2) is 67.1 Å². The SMILES string of the molecule is COC1(CNC(=O)N2CCCC(C)C2C(=O)O)CCOC1.